The summed E-state index contributed by atoms with van der Waals surface area (Å²) < 4.78 is 5.07. The largest absolute Gasteiger partial charge is 0.394 e. The highest BCUT2D eigenvalue weighted by Crippen LogP contribution is 2.18. The first-order chi connectivity index (χ1) is 7.83. The average molecular weight is 230 g/mol. The molecule has 0 aromatic heterocycles. The molecule has 16 heavy (non-hydrogen) atoms. The third-order valence-electron chi connectivity index (χ3n) is 2.39. The van der Waals surface area contributed by atoms with Crippen LogP contribution in [0.15, 0.2) is 0 Å². The Hall–Kier alpha value is -0.650. The number of amides is 1. The van der Waals surface area contributed by atoms with Gasteiger partial charge in [-0.3, -0.25) is 4.79 Å². The van der Waals surface area contributed by atoms with Crippen LogP contribution in [-0.4, -0.2) is 50.0 Å². The van der Waals surface area contributed by atoms with E-state index in [2.05, 4.69) is 10.6 Å². The van der Waals surface area contributed by atoms with Crippen LogP contribution in [0.4, 0.5) is 0 Å². The van der Waals surface area contributed by atoms with Crippen molar-refractivity contribution in [1.29, 1.82) is 0 Å². The molecule has 94 valence electrons. The molecular weight excluding hydrogens is 208 g/mol. The molecule has 1 aliphatic carbocycles. The fourth-order valence-corrected chi connectivity index (χ4v) is 1.33. The molecule has 5 nitrogen and oxygen atoms in total. The minimum atomic E-state index is 0.0548. The molecule has 0 aliphatic heterocycles. The van der Waals surface area contributed by atoms with E-state index in [4.69, 9.17) is 9.84 Å². The number of aliphatic hydroxyl groups excluding tert-OH is 1. The first-order valence-corrected chi connectivity index (χ1v) is 6.01. The maximum absolute atomic E-state index is 11.3. The van der Waals surface area contributed by atoms with Gasteiger partial charge in [-0.1, -0.05) is 0 Å². The number of hydrogen-bond acceptors (Lipinski definition) is 4. The summed E-state index contributed by atoms with van der Waals surface area (Å²) in [4.78, 5) is 11.3. The van der Waals surface area contributed by atoms with E-state index in [1.54, 1.807) is 0 Å². The third-order valence-corrected chi connectivity index (χ3v) is 2.39. The molecule has 0 radical (unpaired) electrons. The lowest BCUT2D eigenvalue weighted by atomic mass is 10.3. The normalized spacial score (nSPS) is 15.1. The van der Waals surface area contributed by atoms with Crippen molar-refractivity contribution in [1.82, 2.24) is 10.6 Å². The molecule has 0 spiro atoms. The maximum atomic E-state index is 11.3. The highest BCUT2D eigenvalue weighted by molar-refractivity contribution is 5.75. The highest BCUT2D eigenvalue weighted by Gasteiger charge is 2.19. The van der Waals surface area contributed by atoms with E-state index < -0.39 is 0 Å². The van der Waals surface area contributed by atoms with E-state index >= 15 is 0 Å². The van der Waals surface area contributed by atoms with Crippen LogP contribution in [0.1, 0.15) is 25.7 Å². The van der Waals surface area contributed by atoms with Gasteiger partial charge in [-0.25, -0.2) is 0 Å². The van der Waals surface area contributed by atoms with Crippen LogP contribution >= 0.6 is 0 Å². The zero-order valence-electron chi connectivity index (χ0n) is 9.71. The van der Waals surface area contributed by atoms with E-state index in [-0.39, 0.29) is 12.5 Å². The van der Waals surface area contributed by atoms with Gasteiger partial charge in [-0.05, 0) is 19.3 Å². The Kier molecular flexibility index (Phi) is 7.12. The molecule has 0 atom stereocenters. The molecule has 0 heterocycles. The minimum absolute atomic E-state index is 0.0548. The number of rotatable bonds is 10. The first-order valence-electron chi connectivity index (χ1n) is 6.01. The summed E-state index contributed by atoms with van der Waals surface area (Å²) in [5.41, 5.74) is 0. The van der Waals surface area contributed by atoms with Crippen LogP contribution in [0.5, 0.6) is 0 Å². The Morgan fingerprint density at radius 3 is 2.81 bits per heavy atom. The molecular formula is C11H22N2O3. The van der Waals surface area contributed by atoms with Gasteiger partial charge in [0, 0.05) is 32.2 Å². The number of hydrogen-bond donors (Lipinski definition) is 3. The van der Waals surface area contributed by atoms with E-state index in [9.17, 15) is 4.79 Å². The Morgan fingerprint density at radius 2 is 2.12 bits per heavy atom. The lowest BCUT2D eigenvalue weighted by Crippen LogP contribution is -2.29. The quantitative estimate of drug-likeness (QED) is 0.448. The zero-order chi connectivity index (χ0) is 11.6. The van der Waals surface area contributed by atoms with Gasteiger partial charge >= 0.3 is 0 Å². The zero-order valence-corrected chi connectivity index (χ0v) is 9.71. The number of ether oxygens (including phenoxy) is 1. The summed E-state index contributed by atoms with van der Waals surface area (Å²) in [5, 5.41) is 14.6. The van der Waals surface area contributed by atoms with Gasteiger partial charge in [0.25, 0.3) is 0 Å². The third kappa shape index (κ3) is 7.62. The van der Waals surface area contributed by atoms with Crippen molar-refractivity contribution in [3.8, 4) is 0 Å². The van der Waals surface area contributed by atoms with Crippen LogP contribution in [0.25, 0.3) is 0 Å². The smallest absolute Gasteiger partial charge is 0.221 e. The molecule has 3 N–H and O–H groups in total. The van der Waals surface area contributed by atoms with Crippen molar-refractivity contribution in [3.05, 3.63) is 0 Å². The molecule has 1 saturated carbocycles. The molecule has 1 fully saturated rings. The maximum Gasteiger partial charge on any atom is 0.221 e. The minimum Gasteiger partial charge on any atom is -0.394 e. The number of aliphatic hydroxyl groups is 1. The number of carbonyl (C=O) groups excluding carboxylic acids is 1. The fourth-order valence-electron chi connectivity index (χ4n) is 1.33. The van der Waals surface area contributed by atoms with E-state index in [1.807, 2.05) is 0 Å². The van der Waals surface area contributed by atoms with E-state index in [0.717, 1.165) is 13.0 Å². The second-order valence-electron chi connectivity index (χ2n) is 4.02. The van der Waals surface area contributed by atoms with Crippen LogP contribution in [0.3, 0.4) is 0 Å². The van der Waals surface area contributed by atoms with Crippen molar-refractivity contribution in [2.45, 2.75) is 31.7 Å². The Labute approximate surface area is 96.6 Å². The summed E-state index contributed by atoms with van der Waals surface area (Å²) in [6.07, 6.45) is 3.85. The predicted molar refractivity (Wildman–Crippen MR) is 61.2 cm³/mol. The topological polar surface area (TPSA) is 70.6 Å². The number of carbonyl (C=O) groups is 1. The summed E-state index contributed by atoms with van der Waals surface area (Å²) in [6.45, 7) is 2.44. The van der Waals surface area contributed by atoms with Gasteiger partial charge in [-0.15, -0.1) is 0 Å². The average Bonchev–Trinajstić information content (AvgIpc) is 3.07. The Balaban J connectivity index is 1.78. The van der Waals surface area contributed by atoms with Gasteiger partial charge in [0.1, 0.15) is 0 Å². The molecule has 1 amide bonds. The number of nitrogens with one attached hydrogen (secondary N) is 2. The Bertz CT molecular complexity index is 196. The summed E-state index contributed by atoms with van der Waals surface area (Å²) in [5.74, 6) is 0.0929. The predicted octanol–water partition coefficient (Wildman–Crippen LogP) is -0.356. The lowest BCUT2D eigenvalue weighted by molar-refractivity contribution is -0.121. The first kappa shape index (κ1) is 13.4. The van der Waals surface area contributed by atoms with Gasteiger partial charge in [0.2, 0.25) is 5.91 Å². The van der Waals surface area contributed by atoms with Crippen LogP contribution in [0.2, 0.25) is 0 Å². The second kappa shape index (κ2) is 8.50. The molecule has 5 heteroatoms. The van der Waals surface area contributed by atoms with Gasteiger partial charge < -0.3 is 20.5 Å². The molecule has 0 aromatic rings. The standard InChI is InChI=1S/C11H22N2O3/c14-7-9-16-8-1-5-13-11(15)4-6-12-10-2-3-10/h10,12,14H,1-9H2,(H,13,15). The lowest BCUT2D eigenvalue weighted by Gasteiger charge is -2.06. The monoisotopic (exact) mass is 230 g/mol. The summed E-state index contributed by atoms with van der Waals surface area (Å²) >= 11 is 0. The van der Waals surface area contributed by atoms with Crippen LogP contribution in [0, 0.1) is 0 Å². The van der Waals surface area contributed by atoms with Crippen LogP contribution < -0.4 is 10.6 Å². The molecule has 0 saturated heterocycles. The van der Waals surface area contributed by atoms with Crippen LogP contribution in [-0.2, 0) is 9.53 Å². The Morgan fingerprint density at radius 1 is 1.31 bits per heavy atom. The molecule has 0 aromatic carbocycles. The van der Waals surface area contributed by atoms with Crippen molar-refractivity contribution < 1.29 is 14.6 Å². The van der Waals surface area contributed by atoms with Crippen molar-refractivity contribution in [2.75, 3.05) is 32.9 Å². The molecule has 1 aliphatic rings. The second-order valence-corrected chi connectivity index (χ2v) is 4.02. The SMILES string of the molecule is O=C(CCNC1CC1)NCCCOCCO. The summed E-state index contributed by atoms with van der Waals surface area (Å²) in [7, 11) is 0. The highest BCUT2D eigenvalue weighted by atomic mass is 16.5. The summed E-state index contributed by atoms with van der Waals surface area (Å²) in [6, 6.07) is 0.666. The van der Waals surface area contributed by atoms with Gasteiger partial charge in [0.05, 0.1) is 13.2 Å². The van der Waals surface area contributed by atoms with Gasteiger partial charge in [-0.2, -0.15) is 0 Å². The van der Waals surface area contributed by atoms with E-state index in [1.165, 1.54) is 12.8 Å². The molecule has 0 bridgehead atoms. The van der Waals surface area contributed by atoms with Gasteiger partial charge in [0.15, 0.2) is 0 Å². The van der Waals surface area contributed by atoms with Crippen molar-refractivity contribution in [2.24, 2.45) is 0 Å². The van der Waals surface area contributed by atoms with Crippen molar-refractivity contribution in [3.63, 3.8) is 0 Å². The van der Waals surface area contributed by atoms with E-state index in [0.29, 0.717) is 32.2 Å². The molecule has 1 rings (SSSR count). The fraction of sp³-hybridized carbons (Fsp3) is 0.909. The van der Waals surface area contributed by atoms with Crippen molar-refractivity contribution >= 4 is 5.91 Å². The molecule has 0 unspecified atom stereocenters.